The largest absolute Gasteiger partial charge is 0.488 e. The van der Waals surface area contributed by atoms with Crippen LogP contribution in [0, 0.1) is 0 Å². The quantitative estimate of drug-likeness (QED) is 0.558. The van der Waals surface area contributed by atoms with Crippen molar-refractivity contribution in [3.8, 4) is 11.1 Å². The molecule has 0 saturated carbocycles. The summed E-state index contributed by atoms with van der Waals surface area (Å²) in [6.45, 7) is 0. The fourth-order valence-electron chi connectivity index (χ4n) is 2.77. The molecule has 106 valence electrons. The maximum Gasteiger partial charge on any atom is 0.488 e. The molecule has 4 rings (SSSR count). The van der Waals surface area contributed by atoms with E-state index in [9.17, 15) is 10.0 Å². The molecule has 0 spiro atoms. The van der Waals surface area contributed by atoms with Gasteiger partial charge in [0.1, 0.15) is 11.2 Å². The Balaban J connectivity index is 1.93. The molecule has 0 amide bonds. The Kier molecular flexibility index (Phi) is 3.00. The third-order valence-electron chi connectivity index (χ3n) is 3.90. The smallest absolute Gasteiger partial charge is 0.456 e. The van der Waals surface area contributed by atoms with E-state index in [2.05, 4.69) is 18.2 Å². The molecule has 3 aromatic carbocycles. The van der Waals surface area contributed by atoms with Gasteiger partial charge in [-0.15, -0.1) is 0 Å². The highest BCUT2D eigenvalue weighted by Crippen LogP contribution is 2.31. The summed E-state index contributed by atoms with van der Waals surface area (Å²) in [5.74, 6) is 0. The van der Waals surface area contributed by atoms with Crippen molar-refractivity contribution < 1.29 is 14.5 Å². The maximum absolute atomic E-state index is 9.31. The Morgan fingerprint density at radius 2 is 1.50 bits per heavy atom. The van der Waals surface area contributed by atoms with Crippen LogP contribution >= 0.6 is 0 Å². The predicted octanol–water partition coefficient (Wildman–Crippen LogP) is 2.93. The zero-order valence-corrected chi connectivity index (χ0v) is 11.7. The van der Waals surface area contributed by atoms with Crippen LogP contribution in [0.3, 0.4) is 0 Å². The molecule has 3 nitrogen and oxygen atoms in total. The number of benzene rings is 3. The van der Waals surface area contributed by atoms with E-state index in [4.69, 9.17) is 4.42 Å². The summed E-state index contributed by atoms with van der Waals surface area (Å²) < 4.78 is 5.89. The summed E-state index contributed by atoms with van der Waals surface area (Å²) in [5, 5.41) is 20.5. The van der Waals surface area contributed by atoms with Crippen molar-refractivity contribution in [3.63, 3.8) is 0 Å². The van der Waals surface area contributed by atoms with Crippen molar-refractivity contribution in [2.24, 2.45) is 0 Å². The van der Waals surface area contributed by atoms with Gasteiger partial charge in [-0.1, -0.05) is 48.5 Å². The monoisotopic (exact) mass is 288 g/mol. The van der Waals surface area contributed by atoms with Gasteiger partial charge in [-0.2, -0.15) is 0 Å². The summed E-state index contributed by atoms with van der Waals surface area (Å²) in [4.78, 5) is 0. The van der Waals surface area contributed by atoms with Crippen LogP contribution in [0.5, 0.6) is 0 Å². The highest BCUT2D eigenvalue weighted by Gasteiger charge is 2.14. The first-order chi connectivity index (χ1) is 10.7. The van der Waals surface area contributed by atoms with Crippen LogP contribution in [-0.2, 0) is 0 Å². The van der Waals surface area contributed by atoms with Crippen LogP contribution in [0.2, 0.25) is 0 Å². The van der Waals surface area contributed by atoms with E-state index >= 15 is 0 Å². The van der Waals surface area contributed by atoms with Gasteiger partial charge in [0.25, 0.3) is 0 Å². The van der Waals surface area contributed by atoms with Crippen LogP contribution in [0.1, 0.15) is 0 Å². The third kappa shape index (κ3) is 2.10. The number of rotatable bonds is 2. The molecular formula is C18H13BO3. The van der Waals surface area contributed by atoms with E-state index in [1.807, 2.05) is 30.3 Å². The van der Waals surface area contributed by atoms with Gasteiger partial charge in [0, 0.05) is 10.8 Å². The lowest BCUT2D eigenvalue weighted by Gasteiger charge is -2.01. The molecule has 0 saturated heterocycles. The van der Waals surface area contributed by atoms with Crippen molar-refractivity contribution in [2.45, 2.75) is 0 Å². The number of hydrogen-bond donors (Lipinski definition) is 2. The summed E-state index contributed by atoms with van der Waals surface area (Å²) in [6, 6.07) is 21.4. The molecule has 0 aliphatic carbocycles. The average molecular weight is 288 g/mol. The van der Waals surface area contributed by atoms with E-state index in [0.717, 1.165) is 33.1 Å². The molecule has 0 bridgehead atoms. The second-order valence-corrected chi connectivity index (χ2v) is 5.31. The molecule has 22 heavy (non-hydrogen) atoms. The van der Waals surface area contributed by atoms with Crippen LogP contribution < -0.4 is 5.46 Å². The molecular weight excluding hydrogens is 275 g/mol. The number of furan rings is 1. The molecule has 4 aromatic rings. The summed E-state index contributed by atoms with van der Waals surface area (Å²) in [7, 11) is -1.47. The molecule has 0 aliphatic rings. The minimum absolute atomic E-state index is 0.460. The van der Waals surface area contributed by atoms with Crippen molar-refractivity contribution >= 4 is 34.5 Å². The lowest BCUT2D eigenvalue weighted by molar-refractivity contribution is 0.426. The molecule has 0 aliphatic heterocycles. The van der Waals surface area contributed by atoms with Crippen molar-refractivity contribution in [2.75, 3.05) is 0 Å². The van der Waals surface area contributed by atoms with E-state index in [1.54, 1.807) is 18.2 Å². The van der Waals surface area contributed by atoms with E-state index in [1.165, 1.54) is 0 Å². The van der Waals surface area contributed by atoms with E-state index in [0.29, 0.717) is 5.46 Å². The second-order valence-electron chi connectivity index (χ2n) is 5.31. The molecule has 0 atom stereocenters. The molecule has 0 radical (unpaired) electrons. The van der Waals surface area contributed by atoms with Gasteiger partial charge in [0.2, 0.25) is 0 Å². The molecule has 0 unspecified atom stereocenters. The maximum atomic E-state index is 9.31. The molecule has 2 N–H and O–H groups in total. The highest BCUT2D eigenvalue weighted by molar-refractivity contribution is 6.59. The number of fused-ring (bicyclic) bond motifs is 3. The van der Waals surface area contributed by atoms with Gasteiger partial charge in [-0.05, 0) is 34.8 Å². The Labute approximate surface area is 127 Å². The second kappa shape index (κ2) is 5.02. The predicted molar refractivity (Wildman–Crippen MR) is 89.0 cm³/mol. The fraction of sp³-hybridized carbons (Fsp3) is 0. The average Bonchev–Trinajstić information content (AvgIpc) is 2.92. The first kappa shape index (κ1) is 13.1. The fourth-order valence-corrected chi connectivity index (χ4v) is 2.77. The normalized spacial score (nSPS) is 11.2. The van der Waals surface area contributed by atoms with Crippen molar-refractivity contribution in [3.05, 3.63) is 66.7 Å². The lowest BCUT2D eigenvalue weighted by Crippen LogP contribution is -2.29. The SMILES string of the molecule is OB(O)c1ccc2oc3cc(-c4ccccc4)ccc3c2c1. The Morgan fingerprint density at radius 3 is 2.27 bits per heavy atom. The van der Waals surface area contributed by atoms with Crippen molar-refractivity contribution in [1.82, 2.24) is 0 Å². The Bertz CT molecular complexity index is 958. The van der Waals surface area contributed by atoms with Crippen molar-refractivity contribution in [1.29, 1.82) is 0 Å². The van der Waals surface area contributed by atoms with Gasteiger partial charge < -0.3 is 14.5 Å². The summed E-state index contributed by atoms with van der Waals surface area (Å²) in [5.41, 5.74) is 4.22. The van der Waals surface area contributed by atoms with Gasteiger partial charge in [0.05, 0.1) is 0 Å². The summed E-state index contributed by atoms with van der Waals surface area (Å²) >= 11 is 0. The van der Waals surface area contributed by atoms with Gasteiger partial charge >= 0.3 is 7.12 Å². The zero-order valence-electron chi connectivity index (χ0n) is 11.7. The van der Waals surface area contributed by atoms with Crippen LogP contribution in [0.25, 0.3) is 33.1 Å². The molecule has 0 fully saturated rings. The standard InChI is InChI=1S/C18H13BO3/c20-19(21)14-7-9-17-16(11-14)15-8-6-13(10-18(15)22-17)12-4-2-1-3-5-12/h1-11,20-21H. The molecule has 1 aromatic heterocycles. The summed E-state index contributed by atoms with van der Waals surface area (Å²) in [6.07, 6.45) is 0. The van der Waals surface area contributed by atoms with Crippen LogP contribution in [-0.4, -0.2) is 17.2 Å². The minimum Gasteiger partial charge on any atom is -0.456 e. The first-order valence-corrected chi connectivity index (χ1v) is 7.10. The molecule has 4 heteroatoms. The minimum atomic E-state index is -1.47. The van der Waals surface area contributed by atoms with Crippen LogP contribution in [0.15, 0.2) is 71.1 Å². The number of hydrogen-bond acceptors (Lipinski definition) is 3. The Hall–Kier alpha value is -2.56. The van der Waals surface area contributed by atoms with Gasteiger partial charge in [-0.25, -0.2) is 0 Å². The highest BCUT2D eigenvalue weighted by atomic mass is 16.4. The lowest BCUT2D eigenvalue weighted by atomic mass is 9.80. The van der Waals surface area contributed by atoms with Gasteiger partial charge in [-0.3, -0.25) is 0 Å². The first-order valence-electron chi connectivity index (χ1n) is 7.10. The van der Waals surface area contributed by atoms with E-state index < -0.39 is 7.12 Å². The molecule has 1 heterocycles. The topological polar surface area (TPSA) is 53.6 Å². The van der Waals surface area contributed by atoms with E-state index in [-0.39, 0.29) is 0 Å². The Morgan fingerprint density at radius 1 is 0.682 bits per heavy atom. The van der Waals surface area contributed by atoms with Gasteiger partial charge in [0.15, 0.2) is 0 Å². The van der Waals surface area contributed by atoms with Crippen LogP contribution in [0.4, 0.5) is 0 Å². The third-order valence-corrected chi connectivity index (χ3v) is 3.90. The zero-order chi connectivity index (χ0) is 15.1.